The maximum absolute atomic E-state index is 11.5. The van der Waals surface area contributed by atoms with E-state index >= 15 is 0 Å². The first-order valence-corrected chi connectivity index (χ1v) is 5.73. The number of carbonyl (C=O) groups excluding carboxylic acids is 2. The van der Waals surface area contributed by atoms with Crippen molar-refractivity contribution in [3.63, 3.8) is 0 Å². The monoisotopic (exact) mass is 270 g/mol. The molecule has 0 fully saturated rings. The molecule has 0 aliphatic heterocycles. The van der Waals surface area contributed by atoms with Crippen LogP contribution in [0.2, 0.25) is 5.02 Å². The van der Waals surface area contributed by atoms with Gasteiger partial charge in [0.2, 0.25) is 0 Å². The average Bonchev–Trinajstić information content (AvgIpc) is 2.38. The van der Waals surface area contributed by atoms with Gasteiger partial charge in [-0.2, -0.15) is 0 Å². The molecule has 1 unspecified atom stereocenters. The fraction of sp³-hybridized carbons (Fsp3) is 0.333. The summed E-state index contributed by atoms with van der Waals surface area (Å²) in [5.41, 5.74) is 0.970. The van der Waals surface area contributed by atoms with Crippen LogP contribution in [0.5, 0.6) is 0 Å². The van der Waals surface area contributed by atoms with E-state index in [4.69, 9.17) is 11.6 Å². The van der Waals surface area contributed by atoms with Gasteiger partial charge >= 0.3 is 5.97 Å². The zero-order chi connectivity index (χ0) is 13.7. The van der Waals surface area contributed by atoms with Crippen molar-refractivity contribution in [2.24, 2.45) is 0 Å². The molecule has 1 amide bonds. The van der Waals surface area contributed by atoms with Crippen LogP contribution in [-0.2, 0) is 9.53 Å². The summed E-state index contributed by atoms with van der Waals surface area (Å²) < 4.78 is 4.60. The summed E-state index contributed by atoms with van der Waals surface area (Å²) >= 11 is 5.92. The maximum atomic E-state index is 11.5. The fourth-order valence-electron chi connectivity index (χ4n) is 1.41. The molecule has 0 heterocycles. The van der Waals surface area contributed by atoms with E-state index in [1.54, 1.807) is 25.1 Å². The Balaban J connectivity index is 2.92. The Labute approximate surface area is 110 Å². The van der Waals surface area contributed by atoms with Crippen LogP contribution in [0.1, 0.15) is 17.3 Å². The quantitative estimate of drug-likeness (QED) is 0.817. The largest absolute Gasteiger partial charge is 0.467 e. The number of rotatable bonds is 4. The van der Waals surface area contributed by atoms with Gasteiger partial charge in [0.05, 0.1) is 17.7 Å². The van der Waals surface area contributed by atoms with Crippen molar-refractivity contribution in [2.45, 2.75) is 13.0 Å². The third-order valence-corrected chi connectivity index (χ3v) is 2.71. The summed E-state index contributed by atoms with van der Waals surface area (Å²) in [4.78, 5) is 22.8. The SMILES string of the molecule is CNC(=O)c1cc(NC(C)C(=O)OC)ccc1Cl. The van der Waals surface area contributed by atoms with Crippen molar-refractivity contribution in [1.29, 1.82) is 0 Å². The van der Waals surface area contributed by atoms with Gasteiger partial charge in [-0.3, -0.25) is 4.79 Å². The van der Waals surface area contributed by atoms with Crippen molar-refractivity contribution in [1.82, 2.24) is 5.32 Å². The van der Waals surface area contributed by atoms with E-state index in [0.29, 0.717) is 16.3 Å². The second-order valence-corrected chi connectivity index (χ2v) is 4.07. The smallest absolute Gasteiger partial charge is 0.327 e. The molecule has 1 atom stereocenters. The summed E-state index contributed by atoms with van der Waals surface area (Å²) in [6.45, 7) is 1.67. The van der Waals surface area contributed by atoms with E-state index in [-0.39, 0.29) is 11.9 Å². The number of amides is 1. The predicted octanol–water partition coefficient (Wildman–Crippen LogP) is 1.67. The maximum Gasteiger partial charge on any atom is 0.327 e. The molecule has 0 spiro atoms. The van der Waals surface area contributed by atoms with Crippen molar-refractivity contribution in [2.75, 3.05) is 19.5 Å². The van der Waals surface area contributed by atoms with E-state index in [1.807, 2.05) is 0 Å². The van der Waals surface area contributed by atoms with Crippen molar-refractivity contribution in [3.8, 4) is 0 Å². The number of hydrogen-bond donors (Lipinski definition) is 2. The first-order chi connectivity index (χ1) is 8.49. The summed E-state index contributed by atoms with van der Waals surface area (Å²) in [6.07, 6.45) is 0. The van der Waals surface area contributed by atoms with E-state index in [9.17, 15) is 9.59 Å². The molecule has 1 aromatic rings. The highest BCUT2D eigenvalue weighted by Crippen LogP contribution is 2.21. The Morgan fingerprint density at radius 3 is 2.61 bits per heavy atom. The summed E-state index contributed by atoms with van der Waals surface area (Å²) in [5.74, 6) is -0.666. The molecule has 5 nitrogen and oxygen atoms in total. The minimum absolute atomic E-state index is 0.283. The van der Waals surface area contributed by atoms with Crippen molar-refractivity contribution >= 4 is 29.2 Å². The van der Waals surface area contributed by atoms with Crippen LogP contribution in [0.25, 0.3) is 0 Å². The van der Waals surface area contributed by atoms with Crippen LogP contribution in [-0.4, -0.2) is 32.1 Å². The van der Waals surface area contributed by atoms with Crippen molar-refractivity contribution in [3.05, 3.63) is 28.8 Å². The fourth-order valence-corrected chi connectivity index (χ4v) is 1.61. The van der Waals surface area contributed by atoms with Crippen LogP contribution < -0.4 is 10.6 Å². The molecule has 0 aromatic heterocycles. The van der Waals surface area contributed by atoms with E-state index in [2.05, 4.69) is 15.4 Å². The van der Waals surface area contributed by atoms with Gasteiger partial charge in [-0.1, -0.05) is 11.6 Å². The Hall–Kier alpha value is -1.75. The second-order valence-electron chi connectivity index (χ2n) is 3.66. The molecule has 1 aromatic carbocycles. The Bertz CT molecular complexity index is 463. The molecule has 6 heteroatoms. The van der Waals surface area contributed by atoms with E-state index in [1.165, 1.54) is 14.2 Å². The minimum atomic E-state index is -0.506. The second kappa shape index (κ2) is 6.26. The number of ether oxygens (including phenoxy) is 1. The number of nitrogens with one attached hydrogen (secondary N) is 2. The highest BCUT2D eigenvalue weighted by Gasteiger charge is 2.14. The predicted molar refractivity (Wildman–Crippen MR) is 69.9 cm³/mol. The van der Waals surface area contributed by atoms with Gasteiger partial charge in [0.25, 0.3) is 5.91 Å². The summed E-state index contributed by atoms with van der Waals surface area (Å²) in [6, 6.07) is 4.36. The van der Waals surface area contributed by atoms with Crippen LogP contribution in [0.15, 0.2) is 18.2 Å². The first kappa shape index (κ1) is 14.3. The number of methoxy groups -OCH3 is 1. The topological polar surface area (TPSA) is 67.4 Å². The summed E-state index contributed by atoms with van der Waals surface area (Å²) in [5, 5.41) is 5.77. The first-order valence-electron chi connectivity index (χ1n) is 5.35. The molecule has 0 aliphatic carbocycles. The standard InChI is InChI=1S/C12H15ClN2O3/c1-7(12(17)18-3)15-8-4-5-10(13)9(6-8)11(16)14-2/h4-7,15H,1-3H3,(H,14,16). The summed E-state index contributed by atoms with van der Waals surface area (Å²) in [7, 11) is 2.84. The number of anilines is 1. The van der Waals surface area contributed by atoms with Gasteiger partial charge in [0.1, 0.15) is 6.04 Å². The molecule has 0 radical (unpaired) electrons. The van der Waals surface area contributed by atoms with Gasteiger partial charge in [-0.25, -0.2) is 4.79 Å². The Morgan fingerprint density at radius 2 is 2.06 bits per heavy atom. The lowest BCUT2D eigenvalue weighted by atomic mass is 10.1. The van der Waals surface area contributed by atoms with Crippen molar-refractivity contribution < 1.29 is 14.3 Å². The minimum Gasteiger partial charge on any atom is -0.467 e. The van der Waals surface area contributed by atoms with Gasteiger partial charge in [-0.05, 0) is 25.1 Å². The molecular formula is C12H15ClN2O3. The molecule has 0 saturated carbocycles. The highest BCUT2D eigenvalue weighted by atomic mass is 35.5. The average molecular weight is 271 g/mol. The molecule has 2 N–H and O–H groups in total. The molecular weight excluding hydrogens is 256 g/mol. The molecule has 0 bridgehead atoms. The molecule has 98 valence electrons. The van der Waals surface area contributed by atoms with E-state index < -0.39 is 6.04 Å². The lowest BCUT2D eigenvalue weighted by Gasteiger charge is -2.14. The van der Waals surface area contributed by atoms with Crippen LogP contribution >= 0.6 is 11.6 Å². The van der Waals surface area contributed by atoms with Crippen LogP contribution in [0, 0.1) is 0 Å². The molecule has 0 saturated heterocycles. The highest BCUT2D eigenvalue weighted by molar-refractivity contribution is 6.34. The van der Waals surface area contributed by atoms with Gasteiger partial charge < -0.3 is 15.4 Å². The number of hydrogen-bond acceptors (Lipinski definition) is 4. The molecule has 18 heavy (non-hydrogen) atoms. The normalized spacial score (nSPS) is 11.6. The lowest BCUT2D eigenvalue weighted by Crippen LogP contribution is -2.27. The number of carbonyl (C=O) groups is 2. The van der Waals surface area contributed by atoms with Crippen LogP contribution in [0.3, 0.4) is 0 Å². The number of esters is 1. The van der Waals surface area contributed by atoms with E-state index in [0.717, 1.165) is 0 Å². The zero-order valence-corrected chi connectivity index (χ0v) is 11.2. The Kier molecular flexibility index (Phi) is 4.97. The number of halogens is 1. The van der Waals surface area contributed by atoms with Gasteiger partial charge in [0, 0.05) is 12.7 Å². The lowest BCUT2D eigenvalue weighted by molar-refractivity contribution is -0.141. The van der Waals surface area contributed by atoms with Gasteiger partial charge in [0.15, 0.2) is 0 Å². The third kappa shape index (κ3) is 3.37. The molecule has 1 rings (SSSR count). The van der Waals surface area contributed by atoms with Gasteiger partial charge in [-0.15, -0.1) is 0 Å². The van der Waals surface area contributed by atoms with Crippen LogP contribution in [0.4, 0.5) is 5.69 Å². The Morgan fingerprint density at radius 1 is 1.39 bits per heavy atom. The third-order valence-electron chi connectivity index (χ3n) is 2.38. The molecule has 0 aliphatic rings. The zero-order valence-electron chi connectivity index (χ0n) is 10.4. The number of benzene rings is 1.